The average Bonchev–Trinajstić information content (AvgIpc) is 3.22. The van der Waals surface area contributed by atoms with Crippen LogP contribution in [0.5, 0.6) is 0 Å². The molecule has 0 atom stereocenters. The van der Waals surface area contributed by atoms with Crippen LogP contribution in [0.3, 0.4) is 0 Å². The number of carbonyl (C=O) groups excluding carboxylic acids is 1. The zero-order chi connectivity index (χ0) is 17.6. The number of anilines is 1. The van der Waals surface area contributed by atoms with E-state index >= 15 is 0 Å². The van der Waals surface area contributed by atoms with Gasteiger partial charge in [-0.3, -0.25) is 10.1 Å². The molecule has 2 aromatic heterocycles. The van der Waals surface area contributed by atoms with Gasteiger partial charge in [0, 0.05) is 11.7 Å². The van der Waals surface area contributed by atoms with Crippen LogP contribution in [0.25, 0.3) is 10.2 Å². The third-order valence-electron chi connectivity index (χ3n) is 3.82. The van der Waals surface area contributed by atoms with E-state index in [0.717, 1.165) is 34.1 Å². The Morgan fingerprint density at radius 3 is 2.76 bits per heavy atom. The van der Waals surface area contributed by atoms with Gasteiger partial charge in [-0.1, -0.05) is 37.3 Å². The number of carbonyl (C=O) groups is 1. The fourth-order valence-corrected chi connectivity index (χ4v) is 5.33. The van der Waals surface area contributed by atoms with Crippen molar-refractivity contribution in [2.45, 2.75) is 38.4 Å². The smallest absolute Gasteiger partial charge is 0.236 e. The van der Waals surface area contributed by atoms with E-state index in [-0.39, 0.29) is 5.91 Å². The van der Waals surface area contributed by atoms with Crippen molar-refractivity contribution in [3.63, 3.8) is 0 Å². The molecule has 25 heavy (non-hydrogen) atoms. The summed E-state index contributed by atoms with van der Waals surface area (Å²) in [5.41, 5.74) is 1.02. The Morgan fingerprint density at radius 1 is 1.20 bits per heavy atom. The standard InChI is InChI=1S/C17H20N4OS3/c1-3-11(4-2)16-20-21-17(25-16)19-14(22)9-23-10-15-18-12-7-5-6-8-13(12)24-15/h5-8,11H,3-4,9-10H2,1-2H3,(H,19,21,22). The summed E-state index contributed by atoms with van der Waals surface area (Å²) >= 11 is 4.72. The van der Waals surface area contributed by atoms with E-state index < -0.39 is 0 Å². The fraction of sp³-hybridized carbons (Fsp3) is 0.412. The Morgan fingerprint density at radius 2 is 2.00 bits per heavy atom. The summed E-state index contributed by atoms with van der Waals surface area (Å²) in [5.74, 6) is 1.51. The lowest BCUT2D eigenvalue weighted by molar-refractivity contribution is -0.113. The van der Waals surface area contributed by atoms with Crippen LogP contribution in [0.1, 0.15) is 42.6 Å². The summed E-state index contributed by atoms with van der Waals surface area (Å²) < 4.78 is 1.19. The van der Waals surface area contributed by atoms with Crippen molar-refractivity contribution in [1.29, 1.82) is 0 Å². The molecule has 0 bridgehead atoms. The SMILES string of the molecule is CCC(CC)c1nnc(NC(=O)CSCc2nc3ccccc3s2)s1. The largest absolute Gasteiger partial charge is 0.300 e. The highest BCUT2D eigenvalue weighted by Crippen LogP contribution is 2.28. The number of para-hydroxylation sites is 1. The number of nitrogens with zero attached hydrogens (tertiary/aromatic N) is 3. The van der Waals surface area contributed by atoms with Gasteiger partial charge in [-0.25, -0.2) is 4.98 Å². The van der Waals surface area contributed by atoms with Crippen LogP contribution < -0.4 is 5.32 Å². The molecule has 0 aliphatic carbocycles. The fourth-order valence-electron chi connectivity index (χ4n) is 2.46. The number of thiazole rings is 1. The Kier molecular flexibility index (Phi) is 6.39. The number of aromatic nitrogens is 3. The van der Waals surface area contributed by atoms with Gasteiger partial charge >= 0.3 is 0 Å². The van der Waals surface area contributed by atoms with Crippen LogP contribution in [-0.2, 0) is 10.5 Å². The molecule has 0 radical (unpaired) electrons. The number of hydrogen-bond acceptors (Lipinski definition) is 7. The van der Waals surface area contributed by atoms with Crippen LogP contribution in [0, 0.1) is 0 Å². The Hall–Kier alpha value is -1.51. The molecule has 2 heterocycles. The van der Waals surface area contributed by atoms with Crippen molar-refractivity contribution >= 4 is 55.7 Å². The third kappa shape index (κ3) is 4.77. The van der Waals surface area contributed by atoms with Crippen molar-refractivity contribution in [3.8, 4) is 0 Å². The number of hydrogen-bond donors (Lipinski definition) is 1. The van der Waals surface area contributed by atoms with Crippen LogP contribution in [-0.4, -0.2) is 26.8 Å². The highest BCUT2D eigenvalue weighted by Gasteiger charge is 2.14. The monoisotopic (exact) mass is 392 g/mol. The third-order valence-corrected chi connectivity index (χ3v) is 6.98. The molecule has 1 N–H and O–H groups in total. The van der Waals surface area contributed by atoms with E-state index in [1.165, 1.54) is 16.0 Å². The highest BCUT2D eigenvalue weighted by molar-refractivity contribution is 7.99. The van der Waals surface area contributed by atoms with Crippen LogP contribution >= 0.6 is 34.4 Å². The Labute approximate surface area is 159 Å². The van der Waals surface area contributed by atoms with Gasteiger partial charge in [-0.15, -0.1) is 33.3 Å². The van der Waals surface area contributed by atoms with E-state index in [1.54, 1.807) is 23.1 Å². The number of thioether (sulfide) groups is 1. The first-order chi connectivity index (χ1) is 12.2. The second-order valence-corrected chi connectivity index (χ2v) is 8.69. The number of amides is 1. The molecule has 0 saturated carbocycles. The van der Waals surface area contributed by atoms with Crippen molar-refractivity contribution < 1.29 is 4.79 Å². The summed E-state index contributed by atoms with van der Waals surface area (Å²) in [6.45, 7) is 4.29. The molecule has 0 spiro atoms. The second kappa shape index (κ2) is 8.73. The molecule has 3 rings (SSSR count). The molecule has 0 aliphatic heterocycles. The molecule has 3 aromatic rings. The van der Waals surface area contributed by atoms with Gasteiger partial charge in [0.2, 0.25) is 11.0 Å². The minimum Gasteiger partial charge on any atom is -0.300 e. The highest BCUT2D eigenvalue weighted by atomic mass is 32.2. The summed E-state index contributed by atoms with van der Waals surface area (Å²) in [5, 5.41) is 13.8. The molecule has 132 valence electrons. The van der Waals surface area contributed by atoms with Gasteiger partial charge in [0.1, 0.15) is 10.0 Å². The summed E-state index contributed by atoms with van der Waals surface area (Å²) in [6.07, 6.45) is 2.08. The van der Waals surface area contributed by atoms with E-state index in [9.17, 15) is 4.79 Å². The molecule has 1 aromatic carbocycles. The quantitative estimate of drug-likeness (QED) is 0.589. The maximum atomic E-state index is 12.1. The minimum atomic E-state index is -0.0432. The molecule has 0 fully saturated rings. The predicted octanol–water partition coefficient (Wildman–Crippen LogP) is 4.92. The van der Waals surface area contributed by atoms with Crippen LogP contribution in [0.4, 0.5) is 5.13 Å². The Balaban J connectivity index is 1.48. The maximum Gasteiger partial charge on any atom is 0.236 e. The number of rotatable bonds is 8. The molecule has 0 saturated heterocycles. The van der Waals surface area contributed by atoms with Crippen LogP contribution in [0.2, 0.25) is 0 Å². The Bertz CT molecular complexity index is 808. The minimum absolute atomic E-state index is 0.0432. The lowest BCUT2D eigenvalue weighted by Crippen LogP contribution is -2.13. The second-order valence-electron chi connectivity index (χ2n) is 5.58. The van der Waals surface area contributed by atoms with Crippen molar-refractivity contribution in [2.24, 2.45) is 0 Å². The van der Waals surface area contributed by atoms with Gasteiger partial charge in [-0.2, -0.15) is 0 Å². The van der Waals surface area contributed by atoms with Crippen molar-refractivity contribution in [1.82, 2.24) is 15.2 Å². The topological polar surface area (TPSA) is 67.8 Å². The molecular formula is C17H20N4OS3. The molecule has 0 unspecified atom stereocenters. The van der Waals surface area contributed by atoms with E-state index in [4.69, 9.17) is 0 Å². The van der Waals surface area contributed by atoms with E-state index in [0.29, 0.717) is 16.8 Å². The predicted molar refractivity (Wildman–Crippen MR) is 108 cm³/mol. The first-order valence-electron chi connectivity index (χ1n) is 8.25. The lowest BCUT2D eigenvalue weighted by atomic mass is 10.1. The normalized spacial score (nSPS) is 11.3. The molecular weight excluding hydrogens is 372 g/mol. The van der Waals surface area contributed by atoms with E-state index in [1.807, 2.05) is 18.2 Å². The summed E-state index contributed by atoms with van der Waals surface area (Å²) in [6, 6.07) is 8.09. The number of benzene rings is 1. The number of nitrogens with one attached hydrogen (secondary N) is 1. The van der Waals surface area contributed by atoms with Gasteiger partial charge in [-0.05, 0) is 25.0 Å². The van der Waals surface area contributed by atoms with Gasteiger partial charge in [0.05, 0.1) is 16.0 Å². The van der Waals surface area contributed by atoms with Gasteiger partial charge < -0.3 is 0 Å². The first kappa shape index (κ1) is 18.3. The first-order valence-corrected chi connectivity index (χ1v) is 11.0. The number of fused-ring (bicyclic) bond motifs is 1. The maximum absolute atomic E-state index is 12.1. The summed E-state index contributed by atoms with van der Waals surface area (Å²) in [7, 11) is 0. The molecule has 8 heteroatoms. The van der Waals surface area contributed by atoms with E-state index in [2.05, 4.69) is 40.4 Å². The molecule has 1 amide bonds. The lowest BCUT2D eigenvalue weighted by Gasteiger charge is -2.05. The van der Waals surface area contributed by atoms with Crippen molar-refractivity contribution in [3.05, 3.63) is 34.3 Å². The molecule has 0 aliphatic rings. The molecule has 5 nitrogen and oxygen atoms in total. The zero-order valence-corrected chi connectivity index (χ0v) is 16.6. The van der Waals surface area contributed by atoms with Gasteiger partial charge in [0.25, 0.3) is 0 Å². The van der Waals surface area contributed by atoms with Crippen molar-refractivity contribution in [2.75, 3.05) is 11.1 Å². The average molecular weight is 393 g/mol. The van der Waals surface area contributed by atoms with Gasteiger partial charge in [0.15, 0.2) is 0 Å². The summed E-state index contributed by atoms with van der Waals surface area (Å²) in [4.78, 5) is 16.7. The van der Waals surface area contributed by atoms with Crippen LogP contribution in [0.15, 0.2) is 24.3 Å². The zero-order valence-electron chi connectivity index (χ0n) is 14.2.